The summed E-state index contributed by atoms with van der Waals surface area (Å²) in [7, 11) is -19.5. The van der Waals surface area contributed by atoms with Crippen molar-refractivity contribution in [2.75, 3.05) is 54.2 Å². The number of anilines is 1. The van der Waals surface area contributed by atoms with Gasteiger partial charge in [-0.3, -0.25) is 24.0 Å². The summed E-state index contributed by atoms with van der Waals surface area (Å²) in [6.45, 7) is 15.7. The number of carbonyl (C=O) groups is 5. The highest BCUT2D eigenvalue weighted by molar-refractivity contribution is 14.1. The van der Waals surface area contributed by atoms with Gasteiger partial charge in [0.1, 0.15) is 11.5 Å². The number of alkyl halides is 10. The number of hydrogen-bond donors (Lipinski definition) is 8. The molecule has 10 N–H and O–H groups in total. The second kappa shape index (κ2) is 46.0. The molecule has 5 amide bonds. The van der Waals surface area contributed by atoms with Gasteiger partial charge < -0.3 is 56.6 Å². The van der Waals surface area contributed by atoms with Crippen molar-refractivity contribution in [2.24, 2.45) is 45.5 Å². The molecule has 0 aromatic heterocycles. The number of sulfonamides is 2. The number of primary amides is 2. The number of para-hydroxylation sites is 1. The van der Waals surface area contributed by atoms with Gasteiger partial charge in [0.2, 0.25) is 23.6 Å². The molecule has 0 spiro atoms. The molecular formula is C89H100Cl6F9IN8O16S3. The number of benzene rings is 7. The molecular weight excluding hydrogens is 2040 g/mol. The number of aliphatic hydroxyl groups is 3. The third-order valence-electron chi connectivity index (χ3n) is 25.2. The lowest BCUT2D eigenvalue weighted by atomic mass is 9.54. The van der Waals surface area contributed by atoms with Crippen LogP contribution in [0.3, 0.4) is 0 Å². The van der Waals surface area contributed by atoms with E-state index in [1.54, 1.807) is 36.4 Å². The van der Waals surface area contributed by atoms with E-state index in [2.05, 4.69) is 57.6 Å². The first-order valence-corrected chi connectivity index (χ1v) is 49.7. The maximum atomic E-state index is 13.1. The number of nitrogens with zero attached hydrogens (tertiary/aromatic N) is 3. The summed E-state index contributed by atoms with van der Waals surface area (Å²) in [6, 6.07) is 43.0. The average molecular weight is 2140 g/mol. The van der Waals surface area contributed by atoms with Gasteiger partial charge in [-0.1, -0.05) is 186 Å². The summed E-state index contributed by atoms with van der Waals surface area (Å²) in [5.74, 6) is -1.49. The molecule has 3 heterocycles. The van der Waals surface area contributed by atoms with Crippen LogP contribution in [0.2, 0.25) is 30.1 Å². The molecule has 0 radical (unpaired) electrons. The van der Waals surface area contributed by atoms with Crippen molar-refractivity contribution < 1.29 is 113 Å². The number of nitrogens with two attached hydrogens (primary N) is 2. The standard InChI is InChI=1S/C25H28Cl2N2O4.C24H24Cl2F3NO5S.C24H24Cl2N2O2.C8H5F6NO4S2.C6H15N.C2H4INO/c1-14-23-22(15-2-4-16(26)5-3-15)19(8-9-25(23,10-11-30)24(32)29-14)18-7-6-17(12-20(18)27)33-13-21(28)31;1-13-21-20(14-2-4-15(25)5-3-14)18(8-9-23(21,10-11-31)22(32)30-13)17-7-6-16(12-19(17)26)35-36(33,34)24(27,28)29;1-14-22-21(16-3-5-17(25)6-4-16)19(18-7-2-15(13-27)12-20(18)26)8-9-24(22,10-11-29)23(30)28-14;9-7(10,11)20(16,17)15(6-4-2-1-3-5-6)21(18,19)8(12,13)14;1-4-7(5-2)6-3;3-1-2(4)5/h2-7,12,14,19,22-23,30H,8-11,13H2,1H3,(H2,28,31)(H,29,32);2-7,12-13,18,20-21,31H,8-11H2,1H3,(H,30,32);2-7,12,14,19,21-22,29H,8-11H2,1H3,(H,28,30);1-5H;4-6H2,1-3H3;1H2,(H2,4,5)/t14-,19+,22+,23+,25+;13-,18+,20+,21+,23+;14-,19+,21+,22+,24+;;;/m111.../s1. The number of aliphatic hydroxyl groups excluding tert-OH is 3. The highest BCUT2D eigenvalue weighted by Crippen LogP contribution is 2.64. The van der Waals surface area contributed by atoms with E-state index in [0.717, 1.165) is 71.0 Å². The number of fused-ring (bicyclic) bond motifs is 3. The molecule has 3 saturated carbocycles. The third kappa shape index (κ3) is 24.6. The molecule has 132 heavy (non-hydrogen) atoms. The van der Waals surface area contributed by atoms with Crippen LogP contribution in [-0.2, 0) is 54.1 Å². The van der Waals surface area contributed by atoms with Gasteiger partial charge >= 0.3 is 46.7 Å². The molecule has 43 heteroatoms. The van der Waals surface area contributed by atoms with Gasteiger partial charge in [0.15, 0.2) is 6.61 Å². The van der Waals surface area contributed by atoms with Crippen LogP contribution in [-0.4, -0.2) is 160 Å². The zero-order chi connectivity index (χ0) is 98.4. The monoisotopic (exact) mass is 2140 g/mol. The average Bonchev–Trinajstić information content (AvgIpc) is 1.56. The number of rotatable bonds is 24. The Hall–Kier alpha value is -7.69. The minimum Gasteiger partial charge on any atom is -0.484 e. The summed E-state index contributed by atoms with van der Waals surface area (Å²) >= 11 is 40.2. The van der Waals surface area contributed by atoms with E-state index in [-0.39, 0.29) is 126 Å². The lowest BCUT2D eigenvalue weighted by molar-refractivity contribution is -0.133. The molecule has 6 aliphatic rings. The first-order chi connectivity index (χ1) is 61.8. The number of nitriles is 1. The van der Waals surface area contributed by atoms with E-state index in [4.69, 9.17) is 80.1 Å². The van der Waals surface area contributed by atoms with E-state index < -0.39 is 84.0 Å². The minimum absolute atomic E-state index is 0.00796. The van der Waals surface area contributed by atoms with Crippen LogP contribution in [0, 0.1) is 45.3 Å². The van der Waals surface area contributed by atoms with Crippen LogP contribution in [0.4, 0.5) is 45.2 Å². The maximum absolute atomic E-state index is 13.1. The van der Waals surface area contributed by atoms with Crippen LogP contribution < -0.4 is 40.0 Å². The summed E-state index contributed by atoms with van der Waals surface area (Å²) in [6.07, 6.45) is 5.02. The second-order valence-electron chi connectivity index (χ2n) is 32.5. The van der Waals surface area contributed by atoms with Crippen molar-refractivity contribution >= 4 is 158 Å². The van der Waals surface area contributed by atoms with Crippen molar-refractivity contribution in [2.45, 2.75) is 169 Å². The lowest BCUT2D eigenvalue weighted by Crippen LogP contribution is -2.49. The zero-order valence-corrected chi connectivity index (χ0v) is 81.0. The fraction of sp³-hybridized carbons (Fsp3) is 0.461. The van der Waals surface area contributed by atoms with Gasteiger partial charge in [0.25, 0.3) is 5.91 Å². The lowest BCUT2D eigenvalue weighted by Gasteiger charge is -2.47. The first kappa shape index (κ1) is 110. The normalized spacial score (nSPS) is 24.9. The summed E-state index contributed by atoms with van der Waals surface area (Å²) < 4.78 is 189. The van der Waals surface area contributed by atoms with Gasteiger partial charge in [0.05, 0.1) is 38.0 Å². The quantitative estimate of drug-likeness (QED) is 0.00916. The molecule has 0 bridgehead atoms. The number of nitrogens with one attached hydrogen (secondary N) is 3. The highest BCUT2D eigenvalue weighted by Gasteiger charge is 2.65. The minimum atomic E-state index is -6.81. The SMILES string of the molecule is CCN(CC)CC.C[C@H]1NC(=O)[C@]2(CCO)CC[C@@H](c3ccc(C#N)cc3Cl)[C@H](c3ccc(Cl)cc3)[C@H]12.C[C@H]1NC(=O)[C@]2(CCO)CC[C@@H](c3ccc(OCC(N)=O)cc3Cl)[C@H](c3ccc(Cl)cc3)[C@H]12.C[C@H]1NC(=O)[C@]2(CCO)CC[C@@H](c3ccc(OS(=O)(=O)C(F)(F)F)cc3Cl)[C@H](c3ccc(Cl)cc3)[C@H]12.NC(=O)CI.O=S(=O)(N(c1ccccc1)S(=O)(=O)C(F)(F)F)C(F)(F)F. The van der Waals surface area contributed by atoms with Gasteiger partial charge in [-0.25, -0.2) is 0 Å². The highest BCUT2D eigenvalue weighted by atomic mass is 127. The van der Waals surface area contributed by atoms with Crippen molar-refractivity contribution in [3.63, 3.8) is 0 Å². The molecule has 7 aromatic carbocycles. The Labute approximate surface area is 804 Å². The van der Waals surface area contributed by atoms with E-state index in [1.807, 2.05) is 116 Å². The Balaban J connectivity index is 0.000000210. The fourth-order valence-corrected chi connectivity index (χ4v) is 24.1. The fourth-order valence-electron chi connectivity index (χ4n) is 19.6. The first-order valence-electron chi connectivity index (χ1n) is 41.6. The summed E-state index contributed by atoms with van der Waals surface area (Å²) in [5, 5.41) is 51.0. The van der Waals surface area contributed by atoms with E-state index in [9.17, 15) is 109 Å². The molecule has 722 valence electrons. The third-order valence-corrected chi connectivity index (χ3v) is 32.3. The smallest absolute Gasteiger partial charge is 0.484 e. The van der Waals surface area contributed by atoms with Gasteiger partial charge in [-0.2, -0.15) is 70.0 Å². The van der Waals surface area contributed by atoms with Crippen LogP contribution in [0.5, 0.6) is 11.5 Å². The number of hydrogen-bond acceptors (Lipinski definition) is 18. The molecule has 7 aromatic rings. The number of halogens is 16. The van der Waals surface area contributed by atoms with Crippen LogP contribution in [0.25, 0.3) is 0 Å². The van der Waals surface area contributed by atoms with Crippen LogP contribution in [0.15, 0.2) is 158 Å². The summed E-state index contributed by atoms with van der Waals surface area (Å²) in [5.41, 5.74) is -5.35. The number of carbonyl (C=O) groups excluding carboxylic acids is 5. The Morgan fingerprint density at radius 3 is 1.08 bits per heavy atom. The Kier molecular flexibility index (Phi) is 38.2. The molecule has 15 atom stereocenters. The van der Waals surface area contributed by atoms with E-state index in [1.165, 1.54) is 25.7 Å². The van der Waals surface area contributed by atoms with Crippen molar-refractivity contribution in [3.8, 4) is 17.6 Å². The summed E-state index contributed by atoms with van der Waals surface area (Å²) in [4.78, 5) is 62.3. The topological polar surface area (TPSA) is 385 Å². The van der Waals surface area contributed by atoms with Gasteiger partial charge in [0, 0.05) is 91.9 Å². The molecule has 6 fully saturated rings. The predicted molar refractivity (Wildman–Crippen MR) is 494 cm³/mol. The maximum Gasteiger partial charge on any atom is 0.534 e. The Morgan fingerprint density at radius 1 is 0.492 bits per heavy atom. The largest absolute Gasteiger partial charge is 0.534 e. The number of ether oxygens (including phenoxy) is 1. The molecule has 3 saturated heterocycles. The van der Waals surface area contributed by atoms with Gasteiger partial charge in [-0.15, -0.1) is 3.71 Å². The van der Waals surface area contributed by atoms with Crippen molar-refractivity contribution in [1.29, 1.82) is 5.26 Å². The van der Waals surface area contributed by atoms with Crippen molar-refractivity contribution in [3.05, 3.63) is 227 Å². The van der Waals surface area contributed by atoms with E-state index in [0.29, 0.717) is 103 Å². The molecule has 24 nitrogen and oxygen atoms in total. The van der Waals surface area contributed by atoms with Crippen molar-refractivity contribution in [1.82, 2.24) is 20.9 Å². The zero-order valence-electron chi connectivity index (χ0n) is 71.9. The molecule has 3 aliphatic carbocycles. The predicted octanol–water partition coefficient (Wildman–Crippen LogP) is 17.9. The molecule has 0 unspecified atom stereocenters. The van der Waals surface area contributed by atoms with Crippen LogP contribution >= 0.6 is 92.2 Å². The van der Waals surface area contributed by atoms with Crippen LogP contribution in [0.1, 0.15) is 174 Å². The number of amides is 5. The Morgan fingerprint density at radius 2 is 0.811 bits per heavy atom. The van der Waals surface area contributed by atoms with E-state index >= 15 is 0 Å². The Bertz CT molecular complexity index is 5550. The molecule has 13 rings (SSSR count). The molecule has 3 aliphatic heterocycles. The van der Waals surface area contributed by atoms with Gasteiger partial charge in [-0.05, 0) is 246 Å². The second-order valence-corrected chi connectivity index (χ2v) is 41.1.